The first-order chi connectivity index (χ1) is 13.7. The summed E-state index contributed by atoms with van der Waals surface area (Å²) in [6, 6.07) is 4.04. The first kappa shape index (κ1) is 19.2. The molecule has 2 aliphatic heterocycles. The van der Waals surface area contributed by atoms with Crippen molar-refractivity contribution in [3.05, 3.63) is 53.3 Å². The highest BCUT2D eigenvalue weighted by Gasteiger charge is 2.52. The van der Waals surface area contributed by atoms with Gasteiger partial charge in [0.1, 0.15) is 28.9 Å². The molecule has 0 spiro atoms. The van der Waals surface area contributed by atoms with E-state index in [-0.39, 0.29) is 11.5 Å². The monoisotopic (exact) mass is 399 g/mol. The summed E-state index contributed by atoms with van der Waals surface area (Å²) in [6.07, 6.45) is 3.53. The van der Waals surface area contributed by atoms with E-state index < -0.39 is 29.3 Å². The van der Waals surface area contributed by atoms with Crippen molar-refractivity contribution in [1.29, 1.82) is 0 Å². The second-order valence-electron chi connectivity index (χ2n) is 7.77. The average Bonchev–Trinajstić information content (AvgIpc) is 3.14. The first-order valence-corrected chi connectivity index (χ1v) is 9.09. The van der Waals surface area contributed by atoms with Crippen LogP contribution in [0.3, 0.4) is 0 Å². The van der Waals surface area contributed by atoms with Crippen molar-refractivity contribution in [2.45, 2.75) is 44.1 Å². The number of nitrogens with one attached hydrogen (secondary N) is 2. The molecule has 9 heteroatoms. The lowest BCUT2D eigenvalue weighted by Gasteiger charge is -2.45. The first-order valence-electron chi connectivity index (χ1n) is 9.09. The molecule has 9 nitrogen and oxygen atoms in total. The number of rotatable bonds is 4. The van der Waals surface area contributed by atoms with Gasteiger partial charge in [-0.1, -0.05) is 11.2 Å². The molecule has 1 aromatic rings. The summed E-state index contributed by atoms with van der Waals surface area (Å²) in [6.45, 7) is 4.85. The van der Waals surface area contributed by atoms with E-state index in [2.05, 4.69) is 16.0 Å². The maximum Gasteiger partial charge on any atom is 0.334 e. The zero-order valence-corrected chi connectivity index (χ0v) is 16.1. The third kappa shape index (κ3) is 2.90. The SMILES string of the molecule is CC(=O)c1ccc2c(c1)[C@H](NC1(C(=O)O)C=CC=C3NON=C31)[C@@H](O)C(C)(C)O2. The topological polar surface area (TPSA) is 129 Å². The molecular weight excluding hydrogens is 378 g/mol. The molecule has 3 aliphatic rings. The van der Waals surface area contributed by atoms with Gasteiger partial charge in [-0.25, -0.2) is 4.79 Å². The molecule has 2 heterocycles. The Morgan fingerprint density at radius 2 is 2.07 bits per heavy atom. The highest BCUT2D eigenvalue weighted by atomic mass is 16.8. The number of aliphatic hydroxyl groups excluding tert-OH is 1. The maximum absolute atomic E-state index is 12.4. The van der Waals surface area contributed by atoms with Crippen molar-refractivity contribution in [3.8, 4) is 5.75 Å². The second-order valence-corrected chi connectivity index (χ2v) is 7.77. The number of allylic oxidation sites excluding steroid dienone is 2. The molecule has 0 saturated heterocycles. The number of Topliss-reactive ketones (excluding diaryl/α,β-unsaturated/α-hetero) is 1. The van der Waals surface area contributed by atoms with Gasteiger partial charge in [0.25, 0.3) is 0 Å². The van der Waals surface area contributed by atoms with E-state index in [1.807, 2.05) is 0 Å². The van der Waals surface area contributed by atoms with E-state index in [1.54, 1.807) is 44.2 Å². The number of benzene rings is 1. The Labute approximate surface area is 166 Å². The minimum absolute atomic E-state index is 0.133. The van der Waals surface area contributed by atoms with Gasteiger partial charge in [-0.15, -0.1) is 0 Å². The number of carboxylic acid groups (broad SMARTS) is 1. The molecule has 0 amide bonds. The Hall–Kier alpha value is -3.17. The van der Waals surface area contributed by atoms with Crippen LogP contribution in [0.4, 0.5) is 0 Å². The van der Waals surface area contributed by atoms with Crippen LogP contribution in [0.5, 0.6) is 5.75 Å². The summed E-state index contributed by atoms with van der Waals surface area (Å²) in [5.41, 5.74) is 1.24. The van der Waals surface area contributed by atoms with Crippen LogP contribution in [-0.2, 0) is 9.73 Å². The number of hydrogen-bond acceptors (Lipinski definition) is 8. The van der Waals surface area contributed by atoms with Gasteiger partial charge < -0.3 is 14.9 Å². The van der Waals surface area contributed by atoms with Gasteiger partial charge in [0.15, 0.2) is 11.3 Å². The minimum atomic E-state index is -1.75. The molecular formula is C20H21N3O6. The standard InChI is InChI=1S/C20H21N3O6/c1-10(24)11-6-7-14-12(9-11)15(17(25)19(2,3)28-14)21-20(18(26)27)8-4-5-13-16(20)23-29-22-13/h4-9,15,17,21-22,25H,1-3H3,(H,26,27)/t15-,17+,20?/m0/s1. The highest BCUT2D eigenvalue weighted by Crippen LogP contribution is 2.42. The predicted octanol–water partition coefficient (Wildman–Crippen LogP) is 1.22. The molecule has 4 N–H and O–H groups in total. The Kier molecular flexibility index (Phi) is 4.25. The quantitative estimate of drug-likeness (QED) is 0.556. The van der Waals surface area contributed by atoms with Gasteiger partial charge in [-0.2, -0.15) is 5.48 Å². The minimum Gasteiger partial charge on any atom is -0.485 e. The molecule has 0 fully saturated rings. The molecule has 1 unspecified atom stereocenters. The fourth-order valence-electron chi connectivity index (χ4n) is 3.75. The fraction of sp³-hybridized carbons (Fsp3) is 0.350. The van der Waals surface area contributed by atoms with Crippen LogP contribution >= 0.6 is 0 Å². The van der Waals surface area contributed by atoms with Crippen LogP contribution in [-0.4, -0.2) is 44.9 Å². The van der Waals surface area contributed by atoms with Crippen molar-refractivity contribution in [2.75, 3.05) is 0 Å². The lowest BCUT2D eigenvalue weighted by molar-refractivity contribution is -0.141. The van der Waals surface area contributed by atoms with Crippen molar-refractivity contribution in [1.82, 2.24) is 10.8 Å². The van der Waals surface area contributed by atoms with E-state index >= 15 is 0 Å². The number of aliphatic carboxylic acids is 1. The zero-order valence-electron chi connectivity index (χ0n) is 16.1. The zero-order chi connectivity index (χ0) is 21.0. The number of nitrogens with zero attached hydrogens (tertiary/aromatic N) is 1. The normalized spacial score (nSPS) is 28.7. The van der Waals surface area contributed by atoms with Crippen LogP contribution in [0.15, 0.2) is 47.3 Å². The van der Waals surface area contributed by atoms with E-state index in [9.17, 15) is 19.8 Å². The summed E-state index contributed by atoms with van der Waals surface area (Å²) >= 11 is 0. The summed E-state index contributed by atoms with van der Waals surface area (Å²) in [5, 5.41) is 28.0. The lowest BCUT2D eigenvalue weighted by atomic mass is 9.81. The number of hydroxylamine groups is 1. The molecule has 0 bridgehead atoms. The molecule has 0 saturated carbocycles. The molecule has 1 aliphatic carbocycles. The van der Waals surface area contributed by atoms with Crippen LogP contribution in [0.25, 0.3) is 0 Å². The van der Waals surface area contributed by atoms with E-state index in [1.165, 1.54) is 13.0 Å². The number of hydrogen-bond donors (Lipinski definition) is 4. The lowest BCUT2D eigenvalue weighted by Crippen LogP contribution is -2.63. The molecule has 0 radical (unpaired) electrons. The van der Waals surface area contributed by atoms with Gasteiger partial charge in [0, 0.05) is 11.1 Å². The van der Waals surface area contributed by atoms with E-state index in [0.717, 1.165) is 0 Å². The van der Waals surface area contributed by atoms with Crippen LogP contribution < -0.4 is 15.5 Å². The third-order valence-electron chi connectivity index (χ3n) is 5.40. The molecule has 3 atom stereocenters. The van der Waals surface area contributed by atoms with E-state index in [4.69, 9.17) is 9.68 Å². The smallest absolute Gasteiger partial charge is 0.334 e. The van der Waals surface area contributed by atoms with Gasteiger partial charge in [-0.05, 0) is 51.1 Å². The number of oxime groups is 1. The van der Waals surface area contributed by atoms with Crippen LogP contribution in [0.1, 0.15) is 42.7 Å². The summed E-state index contributed by atoms with van der Waals surface area (Å²) in [5.74, 6) is -0.910. The van der Waals surface area contributed by atoms with Crippen molar-refractivity contribution in [3.63, 3.8) is 0 Å². The predicted molar refractivity (Wildman–Crippen MR) is 102 cm³/mol. The Morgan fingerprint density at radius 1 is 1.31 bits per heavy atom. The number of fused-ring (bicyclic) bond motifs is 2. The second kappa shape index (κ2) is 6.43. The van der Waals surface area contributed by atoms with Crippen LogP contribution in [0.2, 0.25) is 0 Å². The fourth-order valence-corrected chi connectivity index (χ4v) is 3.75. The molecule has 29 heavy (non-hydrogen) atoms. The molecule has 0 aromatic heterocycles. The molecule has 4 rings (SSSR count). The summed E-state index contributed by atoms with van der Waals surface area (Å²) in [7, 11) is 0. The number of carbonyl (C=O) groups excluding carboxylic acids is 1. The van der Waals surface area contributed by atoms with Gasteiger partial charge in [-0.3, -0.25) is 15.0 Å². The van der Waals surface area contributed by atoms with Gasteiger partial charge >= 0.3 is 5.97 Å². The van der Waals surface area contributed by atoms with Crippen LogP contribution in [0, 0.1) is 0 Å². The Balaban J connectivity index is 1.84. The number of carbonyl (C=O) groups is 2. The average molecular weight is 399 g/mol. The molecule has 1 aromatic carbocycles. The molecule has 152 valence electrons. The Bertz CT molecular complexity index is 996. The number of ether oxygens (including phenoxy) is 1. The van der Waals surface area contributed by atoms with Crippen molar-refractivity contribution < 1.29 is 29.5 Å². The van der Waals surface area contributed by atoms with Crippen molar-refractivity contribution in [2.24, 2.45) is 5.16 Å². The summed E-state index contributed by atoms with van der Waals surface area (Å²) < 4.78 is 5.92. The van der Waals surface area contributed by atoms with Crippen molar-refractivity contribution >= 4 is 17.5 Å². The highest BCUT2D eigenvalue weighted by molar-refractivity contribution is 6.21. The van der Waals surface area contributed by atoms with Gasteiger partial charge in [0.05, 0.1) is 6.04 Å². The maximum atomic E-state index is 12.4. The number of aliphatic hydroxyl groups is 1. The Morgan fingerprint density at radius 3 is 2.76 bits per heavy atom. The number of ketones is 1. The summed E-state index contributed by atoms with van der Waals surface area (Å²) in [4.78, 5) is 29.1. The third-order valence-corrected chi connectivity index (χ3v) is 5.40. The van der Waals surface area contributed by atoms with E-state index in [0.29, 0.717) is 22.6 Å². The largest absolute Gasteiger partial charge is 0.485 e. The van der Waals surface area contributed by atoms with Gasteiger partial charge in [0.2, 0.25) is 0 Å². The number of carboxylic acids is 1.